The van der Waals surface area contributed by atoms with Crippen molar-refractivity contribution in [2.45, 2.75) is 33.3 Å². The van der Waals surface area contributed by atoms with Crippen LogP contribution in [0, 0.1) is 25.6 Å². The van der Waals surface area contributed by atoms with Crippen molar-refractivity contribution in [3.05, 3.63) is 34.6 Å². The van der Waals surface area contributed by atoms with E-state index >= 15 is 0 Å². The van der Waals surface area contributed by atoms with E-state index in [1.165, 1.54) is 0 Å². The Morgan fingerprint density at radius 1 is 1.35 bits per heavy atom. The molecule has 2 rings (SSSR count). The van der Waals surface area contributed by atoms with Gasteiger partial charge in [-0.3, -0.25) is 4.79 Å². The Hall–Kier alpha value is -1.22. The van der Waals surface area contributed by atoms with Gasteiger partial charge in [-0.2, -0.15) is 0 Å². The van der Waals surface area contributed by atoms with Crippen molar-refractivity contribution < 1.29 is 13.9 Å². The van der Waals surface area contributed by atoms with Crippen molar-refractivity contribution in [3.63, 3.8) is 0 Å². The molecule has 0 radical (unpaired) electrons. The fraction of sp³-hybridized carbons (Fsp3) is 0.500. The van der Waals surface area contributed by atoms with Gasteiger partial charge in [0.05, 0.1) is 12.0 Å². The number of benzene rings is 1. The molecule has 1 fully saturated rings. The third-order valence-electron chi connectivity index (χ3n) is 3.43. The van der Waals surface area contributed by atoms with Crippen molar-refractivity contribution in [1.82, 2.24) is 0 Å². The van der Waals surface area contributed by atoms with Gasteiger partial charge in [-0.25, -0.2) is 4.39 Å². The SMILES string of the molecule is Cc1cc(C(=O)C2CCOC2C)cc(C)c1F. The summed E-state index contributed by atoms with van der Waals surface area (Å²) in [5.74, 6) is -0.238. The zero-order valence-electron chi connectivity index (χ0n) is 10.4. The largest absolute Gasteiger partial charge is 0.378 e. The molecule has 0 saturated carbocycles. The molecule has 1 saturated heterocycles. The highest BCUT2D eigenvalue weighted by atomic mass is 19.1. The van der Waals surface area contributed by atoms with Crippen LogP contribution in [-0.4, -0.2) is 18.5 Å². The first-order chi connectivity index (χ1) is 8.00. The van der Waals surface area contributed by atoms with Crippen molar-refractivity contribution >= 4 is 5.78 Å². The Morgan fingerprint density at radius 3 is 2.41 bits per heavy atom. The maximum atomic E-state index is 13.5. The first-order valence-corrected chi connectivity index (χ1v) is 5.93. The second-order valence-corrected chi connectivity index (χ2v) is 4.76. The summed E-state index contributed by atoms with van der Waals surface area (Å²) >= 11 is 0. The lowest BCUT2D eigenvalue weighted by Crippen LogP contribution is -2.22. The van der Waals surface area contributed by atoms with Crippen LogP contribution in [0.2, 0.25) is 0 Å². The van der Waals surface area contributed by atoms with Gasteiger partial charge in [0, 0.05) is 12.2 Å². The lowest BCUT2D eigenvalue weighted by molar-refractivity contribution is 0.0764. The third kappa shape index (κ3) is 2.25. The quantitative estimate of drug-likeness (QED) is 0.738. The molecular weight excluding hydrogens is 219 g/mol. The van der Waals surface area contributed by atoms with Gasteiger partial charge in [-0.05, 0) is 50.5 Å². The van der Waals surface area contributed by atoms with E-state index in [9.17, 15) is 9.18 Å². The number of ether oxygens (including phenoxy) is 1. The number of Topliss-reactive ketones (excluding diaryl/α,β-unsaturated/α-hetero) is 1. The van der Waals surface area contributed by atoms with Gasteiger partial charge in [0.15, 0.2) is 5.78 Å². The summed E-state index contributed by atoms with van der Waals surface area (Å²) < 4.78 is 18.9. The number of ketones is 1. The molecule has 2 nitrogen and oxygen atoms in total. The highest BCUT2D eigenvalue weighted by Crippen LogP contribution is 2.26. The van der Waals surface area contributed by atoms with Gasteiger partial charge in [-0.15, -0.1) is 0 Å². The molecular formula is C14H17FO2. The predicted molar refractivity (Wildman–Crippen MR) is 63.7 cm³/mol. The number of hydrogen-bond acceptors (Lipinski definition) is 2. The van der Waals surface area contributed by atoms with E-state index in [0.717, 1.165) is 6.42 Å². The Bertz CT molecular complexity index is 431. The number of hydrogen-bond donors (Lipinski definition) is 0. The minimum atomic E-state index is -0.225. The van der Waals surface area contributed by atoms with Crippen LogP contribution in [0.4, 0.5) is 4.39 Å². The number of carbonyl (C=O) groups excluding carboxylic acids is 1. The fourth-order valence-electron chi connectivity index (χ4n) is 2.38. The van der Waals surface area contributed by atoms with Gasteiger partial charge in [0.2, 0.25) is 0 Å². The van der Waals surface area contributed by atoms with Crippen molar-refractivity contribution in [2.24, 2.45) is 5.92 Å². The van der Waals surface area contributed by atoms with Gasteiger partial charge in [0.1, 0.15) is 5.82 Å². The fourth-order valence-corrected chi connectivity index (χ4v) is 2.38. The van der Waals surface area contributed by atoms with Crippen LogP contribution in [0.25, 0.3) is 0 Å². The second-order valence-electron chi connectivity index (χ2n) is 4.76. The van der Waals surface area contributed by atoms with E-state index in [0.29, 0.717) is 23.3 Å². The molecule has 0 bridgehead atoms. The van der Waals surface area contributed by atoms with Gasteiger partial charge in [0.25, 0.3) is 0 Å². The van der Waals surface area contributed by atoms with Crippen LogP contribution >= 0.6 is 0 Å². The molecule has 92 valence electrons. The van der Waals surface area contributed by atoms with Crippen LogP contribution in [0.15, 0.2) is 12.1 Å². The minimum absolute atomic E-state index is 0.0341. The third-order valence-corrected chi connectivity index (χ3v) is 3.43. The molecule has 1 aliphatic heterocycles. The molecule has 1 aromatic rings. The van der Waals surface area contributed by atoms with E-state index in [-0.39, 0.29) is 23.6 Å². The zero-order valence-corrected chi connectivity index (χ0v) is 10.4. The first-order valence-electron chi connectivity index (χ1n) is 5.93. The van der Waals surface area contributed by atoms with Gasteiger partial charge >= 0.3 is 0 Å². The van der Waals surface area contributed by atoms with Gasteiger partial charge < -0.3 is 4.74 Å². The Morgan fingerprint density at radius 2 is 1.94 bits per heavy atom. The maximum Gasteiger partial charge on any atom is 0.168 e. The summed E-state index contributed by atoms with van der Waals surface area (Å²) in [5.41, 5.74) is 1.66. The molecule has 2 unspecified atom stereocenters. The zero-order chi connectivity index (χ0) is 12.6. The van der Waals surface area contributed by atoms with Crippen LogP contribution < -0.4 is 0 Å². The first kappa shape index (κ1) is 12.2. The predicted octanol–water partition coefficient (Wildman–Crippen LogP) is 3.05. The number of halogens is 1. The summed E-state index contributed by atoms with van der Waals surface area (Å²) in [5, 5.41) is 0. The van der Waals surface area contributed by atoms with Crippen molar-refractivity contribution in [2.75, 3.05) is 6.61 Å². The lowest BCUT2D eigenvalue weighted by Gasteiger charge is -2.14. The lowest BCUT2D eigenvalue weighted by atomic mass is 9.91. The molecule has 0 amide bonds. The second kappa shape index (κ2) is 4.57. The molecule has 3 heteroatoms. The van der Waals surface area contributed by atoms with Crippen LogP contribution in [0.3, 0.4) is 0 Å². The van der Waals surface area contributed by atoms with Crippen molar-refractivity contribution in [1.29, 1.82) is 0 Å². The molecule has 1 heterocycles. The summed E-state index contributed by atoms with van der Waals surface area (Å²) in [4.78, 5) is 12.3. The Balaban J connectivity index is 2.31. The Labute approximate surface area is 101 Å². The van der Waals surface area contributed by atoms with Gasteiger partial charge in [-0.1, -0.05) is 0 Å². The topological polar surface area (TPSA) is 26.3 Å². The summed E-state index contributed by atoms with van der Waals surface area (Å²) in [6.45, 7) is 5.93. The Kier molecular flexibility index (Phi) is 3.29. The van der Waals surface area contributed by atoms with Crippen LogP contribution in [0.1, 0.15) is 34.8 Å². The smallest absolute Gasteiger partial charge is 0.168 e. The van der Waals surface area contributed by atoms with E-state index in [2.05, 4.69) is 0 Å². The number of aryl methyl sites for hydroxylation is 2. The molecule has 0 aliphatic carbocycles. The number of rotatable bonds is 2. The van der Waals surface area contributed by atoms with E-state index in [1.54, 1.807) is 26.0 Å². The van der Waals surface area contributed by atoms with Crippen LogP contribution in [0.5, 0.6) is 0 Å². The average Bonchev–Trinajstić information content (AvgIpc) is 2.70. The minimum Gasteiger partial charge on any atom is -0.378 e. The molecule has 0 spiro atoms. The molecule has 0 N–H and O–H groups in total. The van der Waals surface area contributed by atoms with E-state index in [1.807, 2.05) is 6.92 Å². The number of carbonyl (C=O) groups is 1. The highest BCUT2D eigenvalue weighted by molar-refractivity contribution is 5.98. The molecule has 1 aromatic carbocycles. The standard InChI is InChI=1S/C14H17FO2/c1-8-6-11(7-9(2)13(8)15)14(16)12-4-5-17-10(12)3/h6-7,10,12H,4-5H2,1-3H3. The molecule has 1 aliphatic rings. The monoisotopic (exact) mass is 236 g/mol. The summed E-state index contributed by atoms with van der Waals surface area (Å²) in [6, 6.07) is 3.27. The van der Waals surface area contributed by atoms with E-state index in [4.69, 9.17) is 4.74 Å². The maximum absolute atomic E-state index is 13.5. The molecule has 17 heavy (non-hydrogen) atoms. The molecule has 0 aromatic heterocycles. The van der Waals surface area contributed by atoms with Crippen molar-refractivity contribution in [3.8, 4) is 0 Å². The normalized spacial score (nSPS) is 24.0. The molecule has 2 atom stereocenters. The highest BCUT2D eigenvalue weighted by Gasteiger charge is 2.31. The van der Waals surface area contributed by atoms with Crippen LogP contribution in [-0.2, 0) is 4.74 Å². The summed E-state index contributed by atoms with van der Waals surface area (Å²) in [6.07, 6.45) is 0.725. The van der Waals surface area contributed by atoms with E-state index < -0.39 is 0 Å². The average molecular weight is 236 g/mol. The summed E-state index contributed by atoms with van der Waals surface area (Å²) in [7, 11) is 0.